The van der Waals surface area contributed by atoms with Gasteiger partial charge in [-0.15, -0.1) is 5.10 Å². The SMILES string of the molecule is COc1nnc(-c2ccc([N+](=O)[O-])o2)n1C. The zero-order valence-electron chi connectivity index (χ0n) is 8.58. The second-order valence-electron chi connectivity index (χ2n) is 2.96. The van der Waals surface area contributed by atoms with Crippen LogP contribution in [0.25, 0.3) is 11.6 Å². The number of rotatable bonds is 3. The second-order valence-corrected chi connectivity index (χ2v) is 2.96. The fourth-order valence-corrected chi connectivity index (χ4v) is 1.25. The third-order valence-corrected chi connectivity index (χ3v) is 2.01. The molecule has 0 aliphatic heterocycles. The van der Waals surface area contributed by atoms with Crippen molar-refractivity contribution < 1.29 is 14.1 Å². The standard InChI is InChI=1S/C8H8N4O4/c1-11-7(9-10-8(11)15-2)5-3-4-6(16-5)12(13)14/h3-4H,1-2H3. The lowest BCUT2D eigenvalue weighted by atomic mass is 10.4. The molecule has 8 heteroatoms. The molecule has 8 nitrogen and oxygen atoms in total. The van der Waals surface area contributed by atoms with Gasteiger partial charge in [0.25, 0.3) is 0 Å². The quantitative estimate of drug-likeness (QED) is 0.569. The summed E-state index contributed by atoms with van der Waals surface area (Å²) in [5, 5.41) is 18.0. The monoisotopic (exact) mass is 224 g/mol. The number of nitrogens with zero attached hydrogens (tertiary/aromatic N) is 4. The summed E-state index contributed by atoms with van der Waals surface area (Å²) >= 11 is 0. The maximum Gasteiger partial charge on any atom is 0.433 e. The molecule has 0 aromatic carbocycles. The molecule has 2 aromatic heterocycles. The Bertz CT molecular complexity index is 530. The van der Waals surface area contributed by atoms with Crippen LogP contribution in [0.2, 0.25) is 0 Å². The highest BCUT2D eigenvalue weighted by Gasteiger charge is 2.18. The van der Waals surface area contributed by atoms with Gasteiger partial charge in [0.15, 0.2) is 5.76 Å². The highest BCUT2D eigenvalue weighted by molar-refractivity contribution is 5.49. The van der Waals surface area contributed by atoms with Crippen molar-refractivity contribution in [1.29, 1.82) is 0 Å². The zero-order valence-corrected chi connectivity index (χ0v) is 8.58. The van der Waals surface area contributed by atoms with Crippen LogP contribution >= 0.6 is 0 Å². The van der Waals surface area contributed by atoms with Crippen molar-refractivity contribution in [3.8, 4) is 17.6 Å². The largest absolute Gasteiger partial charge is 0.467 e. The summed E-state index contributed by atoms with van der Waals surface area (Å²) in [4.78, 5) is 9.82. The minimum atomic E-state index is -0.614. The number of hydrogen-bond acceptors (Lipinski definition) is 6. The molecular formula is C8H8N4O4. The van der Waals surface area contributed by atoms with Crippen LogP contribution in [0.5, 0.6) is 6.01 Å². The average Bonchev–Trinajstić information content (AvgIpc) is 2.83. The van der Waals surface area contributed by atoms with E-state index in [1.54, 1.807) is 7.05 Å². The van der Waals surface area contributed by atoms with E-state index in [9.17, 15) is 10.1 Å². The first-order valence-corrected chi connectivity index (χ1v) is 4.31. The second kappa shape index (κ2) is 3.65. The van der Waals surface area contributed by atoms with Gasteiger partial charge >= 0.3 is 11.9 Å². The highest BCUT2D eigenvalue weighted by Crippen LogP contribution is 2.25. The summed E-state index contributed by atoms with van der Waals surface area (Å²) in [6, 6.07) is 3.02. The van der Waals surface area contributed by atoms with Crippen molar-refractivity contribution in [1.82, 2.24) is 14.8 Å². The molecule has 2 rings (SSSR count). The topological polar surface area (TPSA) is 96.2 Å². The zero-order chi connectivity index (χ0) is 11.7. The molecule has 0 unspecified atom stereocenters. The van der Waals surface area contributed by atoms with Crippen LogP contribution in [-0.2, 0) is 7.05 Å². The number of aromatic nitrogens is 3. The van der Waals surface area contributed by atoms with Gasteiger partial charge in [0, 0.05) is 7.05 Å². The van der Waals surface area contributed by atoms with Gasteiger partial charge in [-0.05, 0) is 6.07 Å². The molecule has 0 radical (unpaired) electrons. The lowest BCUT2D eigenvalue weighted by molar-refractivity contribution is -0.401. The molecule has 0 fully saturated rings. The van der Waals surface area contributed by atoms with Crippen molar-refractivity contribution in [2.45, 2.75) is 0 Å². The van der Waals surface area contributed by atoms with Crippen LogP contribution in [0.15, 0.2) is 16.5 Å². The van der Waals surface area contributed by atoms with Crippen LogP contribution in [0.1, 0.15) is 0 Å². The molecule has 0 saturated carbocycles. The fraction of sp³-hybridized carbons (Fsp3) is 0.250. The van der Waals surface area contributed by atoms with E-state index in [1.807, 2.05) is 0 Å². The first-order valence-electron chi connectivity index (χ1n) is 4.31. The van der Waals surface area contributed by atoms with E-state index in [0.717, 1.165) is 0 Å². The lowest BCUT2D eigenvalue weighted by Gasteiger charge is -1.98. The summed E-state index contributed by atoms with van der Waals surface area (Å²) in [7, 11) is 3.13. The van der Waals surface area contributed by atoms with Gasteiger partial charge in [-0.3, -0.25) is 14.7 Å². The fourth-order valence-electron chi connectivity index (χ4n) is 1.25. The Kier molecular flexibility index (Phi) is 2.31. The van der Waals surface area contributed by atoms with Crippen LogP contribution in [-0.4, -0.2) is 26.8 Å². The highest BCUT2D eigenvalue weighted by atomic mass is 16.6. The first kappa shape index (κ1) is 10.1. The minimum Gasteiger partial charge on any atom is -0.467 e. The van der Waals surface area contributed by atoms with E-state index < -0.39 is 4.92 Å². The van der Waals surface area contributed by atoms with Crippen LogP contribution < -0.4 is 4.74 Å². The molecule has 0 spiro atoms. The summed E-state index contributed by atoms with van der Waals surface area (Å²) in [5.41, 5.74) is 0. The van der Waals surface area contributed by atoms with E-state index in [1.165, 1.54) is 23.8 Å². The maximum atomic E-state index is 10.4. The maximum absolute atomic E-state index is 10.4. The molecule has 0 saturated heterocycles. The van der Waals surface area contributed by atoms with Crippen molar-refractivity contribution in [3.63, 3.8) is 0 Å². The Morgan fingerprint density at radius 2 is 2.25 bits per heavy atom. The molecule has 0 amide bonds. The normalized spacial score (nSPS) is 10.4. The van der Waals surface area contributed by atoms with E-state index >= 15 is 0 Å². The average molecular weight is 224 g/mol. The Hall–Kier alpha value is -2.38. The van der Waals surface area contributed by atoms with Gasteiger partial charge in [0.05, 0.1) is 13.2 Å². The summed E-state index contributed by atoms with van der Waals surface area (Å²) in [6.45, 7) is 0. The molecule has 84 valence electrons. The Morgan fingerprint density at radius 3 is 2.75 bits per heavy atom. The van der Waals surface area contributed by atoms with E-state index in [2.05, 4.69) is 10.2 Å². The van der Waals surface area contributed by atoms with Crippen molar-refractivity contribution in [3.05, 3.63) is 22.2 Å². The smallest absolute Gasteiger partial charge is 0.433 e. The first-order chi connectivity index (χ1) is 7.63. The number of ether oxygens (including phenoxy) is 1. The van der Waals surface area contributed by atoms with Crippen LogP contribution in [0, 0.1) is 10.1 Å². The van der Waals surface area contributed by atoms with Crippen molar-refractivity contribution in [2.75, 3.05) is 7.11 Å². The Labute approximate surface area is 89.6 Å². The molecule has 2 heterocycles. The molecule has 0 aliphatic carbocycles. The lowest BCUT2D eigenvalue weighted by Crippen LogP contribution is -1.95. The Balaban J connectivity index is 2.42. The summed E-state index contributed by atoms with van der Waals surface area (Å²) in [5.74, 6) is 0.298. The summed E-state index contributed by atoms with van der Waals surface area (Å²) in [6.07, 6.45) is 0. The molecule has 0 aliphatic rings. The van der Waals surface area contributed by atoms with Crippen LogP contribution in [0.3, 0.4) is 0 Å². The Morgan fingerprint density at radius 1 is 1.50 bits per heavy atom. The molecule has 0 N–H and O–H groups in total. The number of nitro groups is 1. The molecule has 2 aromatic rings. The van der Waals surface area contributed by atoms with Gasteiger partial charge in [-0.2, -0.15) is 0 Å². The van der Waals surface area contributed by atoms with Gasteiger partial charge in [0.1, 0.15) is 4.92 Å². The van der Waals surface area contributed by atoms with E-state index in [0.29, 0.717) is 11.8 Å². The number of furan rings is 1. The minimum absolute atomic E-state index is 0.269. The predicted octanol–water partition coefficient (Wildman–Crippen LogP) is 0.992. The van der Waals surface area contributed by atoms with Gasteiger partial charge in [0.2, 0.25) is 5.82 Å². The molecule has 0 atom stereocenters. The molecular weight excluding hydrogens is 216 g/mol. The van der Waals surface area contributed by atoms with E-state index in [-0.39, 0.29) is 11.6 Å². The number of methoxy groups -OCH3 is 1. The van der Waals surface area contributed by atoms with Crippen molar-refractivity contribution >= 4 is 5.88 Å². The summed E-state index contributed by atoms with van der Waals surface area (Å²) < 4.78 is 11.4. The predicted molar refractivity (Wildman–Crippen MR) is 51.9 cm³/mol. The third-order valence-electron chi connectivity index (χ3n) is 2.01. The van der Waals surface area contributed by atoms with Crippen LogP contribution in [0.4, 0.5) is 5.88 Å². The van der Waals surface area contributed by atoms with Crippen molar-refractivity contribution in [2.24, 2.45) is 7.05 Å². The van der Waals surface area contributed by atoms with Gasteiger partial charge in [-0.25, -0.2) is 0 Å². The molecule has 16 heavy (non-hydrogen) atoms. The number of hydrogen-bond donors (Lipinski definition) is 0. The molecule has 0 bridgehead atoms. The third kappa shape index (κ3) is 1.49. The van der Waals surface area contributed by atoms with Gasteiger partial charge < -0.3 is 9.15 Å². The van der Waals surface area contributed by atoms with Gasteiger partial charge in [-0.1, -0.05) is 5.10 Å². The van der Waals surface area contributed by atoms with E-state index in [4.69, 9.17) is 9.15 Å².